The standard InChI is InChI=1S/C25H42O/c1-18-3-6-20(7-4-18)21-9-11-22(12-10-21)23-13-15-24(16-14-23)25-8-5-19(2)26-17-25/h17-24H,3-16H2,1-2H3. The van der Waals surface area contributed by atoms with Crippen LogP contribution in [0, 0.1) is 35.5 Å². The predicted octanol–water partition coefficient (Wildman–Crippen LogP) is 7.51. The van der Waals surface area contributed by atoms with Crippen LogP contribution in [0.1, 0.15) is 104 Å². The number of allylic oxidation sites excluding steroid dienone is 1. The zero-order valence-corrected chi connectivity index (χ0v) is 17.4. The summed E-state index contributed by atoms with van der Waals surface area (Å²) >= 11 is 0. The minimum absolute atomic E-state index is 0.442. The number of hydrogen-bond acceptors (Lipinski definition) is 1. The largest absolute Gasteiger partial charge is 0.498 e. The van der Waals surface area contributed by atoms with Crippen molar-refractivity contribution < 1.29 is 4.74 Å². The van der Waals surface area contributed by atoms with Crippen LogP contribution in [0.5, 0.6) is 0 Å². The summed E-state index contributed by atoms with van der Waals surface area (Å²) in [4.78, 5) is 0. The van der Waals surface area contributed by atoms with E-state index in [1.54, 1.807) is 31.3 Å². The monoisotopic (exact) mass is 358 g/mol. The third-order valence-electron chi connectivity index (χ3n) is 8.80. The van der Waals surface area contributed by atoms with Crippen molar-refractivity contribution >= 4 is 0 Å². The first kappa shape index (κ1) is 18.9. The molecule has 1 aliphatic heterocycles. The molecule has 0 amide bonds. The van der Waals surface area contributed by atoms with Gasteiger partial charge >= 0.3 is 0 Å². The molecule has 0 bridgehead atoms. The van der Waals surface area contributed by atoms with Crippen LogP contribution in [-0.2, 0) is 4.74 Å². The molecule has 1 atom stereocenters. The van der Waals surface area contributed by atoms with Crippen LogP contribution < -0.4 is 0 Å². The minimum atomic E-state index is 0.442. The molecule has 0 aromatic rings. The molecule has 3 aliphatic carbocycles. The molecular weight excluding hydrogens is 316 g/mol. The maximum atomic E-state index is 5.80. The molecule has 3 saturated carbocycles. The molecule has 0 spiro atoms. The van der Waals surface area contributed by atoms with E-state index in [9.17, 15) is 0 Å². The highest BCUT2D eigenvalue weighted by Gasteiger charge is 2.35. The molecule has 0 aromatic heterocycles. The summed E-state index contributed by atoms with van der Waals surface area (Å²) in [5.41, 5.74) is 1.64. The molecular formula is C25H42O. The van der Waals surface area contributed by atoms with E-state index in [1.165, 1.54) is 64.2 Å². The second kappa shape index (κ2) is 8.70. The van der Waals surface area contributed by atoms with Crippen LogP contribution in [0.2, 0.25) is 0 Å². The Bertz CT molecular complexity index is 457. The highest BCUT2D eigenvalue weighted by molar-refractivity contribution is 5.08. The third kappa shape index (κ3) is 4.50. The van der Waals surface area contributed by atoms with Crippen molar-refractivity contribution in [2.75, 3.05) is 0 Å². The molecule has 4 aliphatic rings. The molecule has 0 radical (unpaired) electrons. The van der Waals surface area contributed by atoms with Crippen LogP contribution in [0.25, 0.3) is 0 Å². The highest BCUT2D eigenvalue weighted by atomic mass is 16.5. The summed E-state index contributed by atoms with van der Waals surface area (Å²) in [6, 6.07) is 0. The molecule has 1 heteroatoms. The van der Waals surface area contributed by atoms with Crippen LogP contribution in [0.3, 0.4) is 0 Å². The molecule has 1 unspecified atom stereocenters. The number of rotatable bonds is 3. The molecule has 148 valence electrons. The van der Waals surface area contributed by atoms with E-state index >= 15 is 0 Å². The van der Waals surface area contributed by atoms with Crippen molar-refractivity contribution in [2.45, 2.75) is 110 Å². The van der Waals surface area contributed by atoms with Gasteiger partial charge in [-0.25, -0.2) is 0 Å². The van der Waals surface area contributed by atoms with E-state index in [0.717, 1.165) is 35.5 Å². The topological polar surface area (TPSA) is 9.23 Å². The Labute approximate surface area is 162 Å². The molecule has 1 heterocycles. The maximum absolute atomic E-state index is 5.80. The van der Waals surface area contributed by atoms with Gasteiger partial charge in [0.15, 0.2) is 0 Å². The summed E-state index contributed by atoms with van der Waals surface area (Å²) in [7, 11) is 0. The SMILES string of the molecule is CC1CCC(C2CCC(C3CCC(C4=COC(C)CC4)CC3)CC2)CC1. The molecule has 0 saturated heterocycles. The Kier molecular flexibility index (Phi) is 6.32. The molecule has 3 fully saturated rings. The number of ether oxygens (including phenoxy) is 1. The molecule has 0 aromatic carbocycles. The fourth-order valence-electron chi connectivity index (χ4n) is 6.81. The Morgan fingerprint density at radius 1 is 0.615 bits per heavy atom. The van der Waals surface area contributed by atoms with Crippen LogP contribution >= 0.6 is 0 Å². The van der Waals surface area contributed by atoms with Gasteiger partial charge in [0.1, 0.15) is 0 Å². The summed E-state index contributed by atoms with van der Waals surface area (Å²) in [5, 5.41) is 0. The first-order valence-electron chi connectivity index (χ1n) is 12.0. The summed E-state index contributed by atoms with van der Waals surface area (Å²) in [5.74, 6) is 6.13. The Hall–Kier alpha value is -0.460. The lowest BCUT2D eigenvalue weighted by atomic mass is 9.64. The van der Waals surface area contributed by atoms with Gasteiger partial charge in [0.25, 0.3) is 0 Å². The highest BCUT2D eigenvalue weighted by Crippen LogP contribution is 2.47. The fourth-order valence-corrected chi connectivity index (χ4v) is 6.81. The van der Waals surface area contributed by atoms with E-state index in [-0.39, 0.29) is 0 Å². The van der Waals surface area contributed by atoms with Crippen LogP contribution in [-0.4, -0.2) is 6.10 Å². The third-order valence-corrected chi connectivity index (χ3v) is 8.80. The van der Waals surface area contributed by atoms with Gasteiger partial charge in [-0.2, -0.15) is 0 Å². The summed E-state index contributed by atoms with van der Waals surface area (Å²) in [6.07, 6.45) is 23.3. The van der Waals surface area contributed by atoms with Gasteiger partial charge in [0.05, 0.1) is 12.4 Å². The first-order valence-corrected chi connectivity index (χ1v) is 12.0. The Morgan fingerprint density at radius 3 is 1.54 bits per heavy atom. The van der Waals surface area contributed by atoms with Gasteiger partial charge in [-0.05, 0) is 125 Å². The van der Waals surface area contributed by atoms with Crippen LogP contribution in [0.15, 0.2) is 11.8 Å². The van der Waals surface area contributed by atoms with Gasteiger partial charge in [0, 0.05) is 0 Å². The van der Waals surface area contributed by atoms with Crippen molar-refractivity contribution in [3.8, 4) is 0 Å². The average molecular weight is 359 g/mol. The van der Waals surface area contributed by atoms with Crippen molar-refractivity contribution in [1.29, 1.82) is 0 Å². The molecule has 1 nitrogen and oxygen atoms in total. The normalized spacial score (nSPS) is 44.8. The van der Waals surface area contributed by atoms with Crippen molar-refractivity contribution in [3.05, 3.63) is 11.8 Å². The summed E-state index contributed by atoms with van der Waals surface area (Å²) in [6.45, 7) is 4.66. The first-order chi connectivity index (χ1) is 12.7. The van der Waals surface area contributed by atoms with Crippen molar-refractivity contribution in [1.82, 2.24) is 0 Å². The average Bonchev–Trinajstić information content (AvgIpc) is 2.70. The maximum Gasteiger partial charge on any atom is 0.0953 e. The van der Waals surface area contributed by atoms with Gasteiger partial charge in [-0.3, -0.25) is 0 Å². The smallest absolute Gasteiger partial charge is 0.0953 e. The lowest BCUT2D eigenvalue weighted by Crippen LogP contribution is -2.30. The van der Waals surface area contributed by atoms with E-state index in [4.69, 9.17) is 4.74 Å². The van der Waals surface area contributed by atoms with E-state index in [2.05, 4.69) is 20.1 Å². The summed E-state index contributed by atoms with van der Waals surface area (Å²) < 4.78 is 5.80. The lowest BCUT2D eigenvalue weighted by Gasteiger charge is -2.41. The van der Waals surface area contributed by atoms with E-state index < -0.39 is 0 Å². The zero-order chi connectivity index (χ0) is 17.9. The minimum Gasteiger partial charge on any atom is -0.498 e. The predicted molar refractivity (Wildman–Crippen MR) is 110 cm³/mol. The van der Waals surface area contributed by atoms with E-state index in [0.29, 0.717) is 6.10 Å². The molecule has 26 heavy (non-hydrogen) atoms. The Morgan fingerprint density at radius 2 is 1.08 bits per heavy atom. The molecule has 0 N–H and O–H groups in total. The van der Waals surface area contributed by atoms with Gasteiger partial charge < -0.3 is 4.74 Å². The second-order valence-corrected chi connectivity index (χ2v) is 10.5. The van der Waals surface area contributed by atoms with Crippen molar-refractivity contribution in [3.63, 3.8) is 0 Å². The zero-order valence-electron chi connectivity index (χ0n) is 17.4. The quantitative estimate of drug-likeness (QED) is 0.507. The van der Waals surface area contributed by atoms with Crippen molar-refractivity contribution in [2.24, 2.45) is 35.5 Å². The second-order valence-electron chi connectivity index (χ2n) is 10.5. The van der Waals surface area contributed by atoms with Crippen LogP contribution in [0.4, 0.5) is 0 Å². The molecule has 4 rings (SSSR count). The van der Waals surface area contributed by atoms with Gasteiger partial charge in [0.2, 0.25) is 0 Å². The lowest BCUT2D eigenvalue weighted by molar-refractivity contribution is 0.103. The fraction of sp³-hybridized carbons (Fsp3) is 0.920. The van der Waals surface area contributed by atoms with E-state index in [1.807, 2.05) is 0 Å². The Balaban J connectivity index is 1.20. The van der Waals surface area contributed by atoms with Gasteiger partial charge in [-0.15, -0.1) is 0 Å². The van der Waals surface area contributed by atoms with Gasteiger partial charge in [-0.1, -0.05) is 19.8 Å². The number of hydrogen-bond donors (Lipinski definition) is 0.